The van der Waals surface area contributed by atoms with Crippen molar-refractivity contribution < 1.29 is 111 Å². The number of pyridine rings is 4. The number of hydrogen-bond acceptors (Lipinski definition) is 12. The Morgan fingerprint density at radius 1 is 0.321 bits per heavy atom. The summed E-state index contributed by atoms with van der Waals surface area (Å²) in [6.45, 7) is 11.6. The van der Waals surface area contributed by atoms with Gasteiger partial charge >= 0.3 is 96.6 Å². The van der Waals surface area contributed by atoms with E-state index >= 15 is 0 Å². The monoisotopic (exact) mass is 1880 g/mol. The maximum Gasteiger partial charge on any atom is 2.00 e. The van der Waals surface area contributed by atoms with Gasteiger partial charge in [-0.3, -0.25) is 19.9 Å². The van der Waals surface area contributed by atoms with Crippen molar-refractivity contribution in [2.24, 2.45) is 0 Å². The molecule has 0 amide bonds. The van der Waals surface area contributed by atoms with Crippen molar-refractivity contribution in [3.05, 3.63) is 216 Å². The first-order valence-corrected chi connectivity index (χ1v) is 22.8. The van der Waals surface area contributed by atoms with Crippen LogP contribution in [-0.2, 0) is 96.6 Å². The summed E-state index contributed by atoms with van der Waals surface area (Å²) in [5.74, 6) is 0. The summed E-state index contributed by atoms with van der Waals surface area (Å²) in [7, 11) is 0. The van der Waals surface area contributed by atoms with Crippen LogP contribution >= 0.6 is 0 Å². The van der Waals surface area contributed by atoms with Crippen LogP contribution in [0.5, 0.6) is 0 Å². The zero-order valence-corrected chi connectivity index (χ0v) is 52.7. The largest absolute Gasteiger partial charge is 2.00 e. The van der Waals surface area contributed by atoms with Gasteiger partial charge in [-0.05, 0) is 88.4 Å². The predicted octanol–water partition coefficient (Wildman–Crippen LogP) is 9.71. The molecule has 0 N–H and O–H groups in total. The molecule has 12 aromatic heterocycles. The van der Waals surface area contributed by atoms with Crippen LogP contribution in [0.15, 0.2) is 171 Å². The topological polar surface area (TPSA) is 267 Å². The van der Waals surface area contributed by atoms with Gasteiger partial charge in [0, 0.05) is 82.7 Å². The van der Waals surface area contributed by atoms with Gasteiger partial charge in [0.15, 0.2) is 0 Å². The van der Waals surface area contributed by atoms with Gasteiger partial charge < -0.3 is 81.6 Å². The number of aryl methyl sites for hydroxylation is 6. The van der Waals surface area contributed by atoms with Gasteiger partial charge in [0.1, 0.15) is 11.4 Å². The summed E-state index contributed by atoms with van der Waals surface area (Å²) in [4.78, 5) is 16.1. The molecular weight excluding hydrogens is 1820 g/mol. The van der Waals surface area contributed by atoms with E-state index in [0.717, 1.165) is 69.1 Å². The smallest absolute Gasteiger partial charge is 0.582 e. The fraction of sp³-hybridized carbons (Fsp3) is 0.185. The number of halogens is 6. The molecule has 0 aliphatic carbocycles. The maximum atomic E-state index is 12.2. The average molecular weight is 1880 g/mol. The minimum Gasteiger partial charge on any atom is -0.582 e. The number of hydrogen-bond donors (Lipinski definition) is 0. The van der Waals surface area contributed by atoms with Gasteiger partial charge in [-0.15, -0.1) is 11.4 Å². The van der Waals surface area contributed by atoms with E-state index in [1.165, 1.54) is 12.4 Å². The summed E-state index contributed by atoms with van der Waals surface area (Å²) < 4.78 is 73.2. The molecule has 84 heavy (non-hydrogen) atoms. The maximum absolute atomic E-state index is 12.2. The first-order valence-electron chi connectivity index (χ1n) is 22.8. The average Bonchev–Trinajstić information content (AvgIpc) is 4.44. The van der Waals surface area contributed by atoms with E-state index < -0.39 is 23.7 Å². The third kappa shape index (κ3) is 29.7. The van der Waals surface area contributed by atoms with Gasteiger partial charge in [0.25, 0.3) is 0 Å². The number of alkyl halides is 6. The van der Waals surface area contributed by atoms with Crippen molar-refractivity contribution in [1.82, 2.24) is 102 Å². The summed E-state index contributed by atoms with van der Waals surface area (Å²) in [6.07, 6.45) is 4.10. The van der Waals surface area contributed by atoms with Crippen molar-refractivity contribution in [3.63, 3.8) is 0 Å². The zero-order chi connectivity index (χ0) is 56.2. The molecule has 0 saturated carbocycles. The van der Waals surface area contributed by atoms with Crippen LogP contribution < -0.4 is 40.8 Å². The van der Waals surface area contributed by atoms with Crippen molar-refractivity contribution in [1.29, 1.82) is 0 Å². The second-order valence-corrected chi connectivity index (χ2v) is 15.5. The van der Waals surface area contributed by atoms with Crippen LogP contribution in [0.2, 0.25) is 0 Å². The van der Waals surface area contributed by atoms with Crippen LogP contribution in [-0.4, -0.2) is 60.7 Å². The van der Waals surface area contributed by atoms with Gasteiger partial charge in [0.05, 0.1) is 0 Å². The first kappa shape index (κ1) is 78.7. The molecule has 12 aromatic rings. The van der Waals surface area contributed by atoms with Crippen LogP contribution in [0, 0.1) is 41.5 Å². The zero-order valence-electron chi connectivity index (χ0n) is 43.6. The van der Waals surface area contributed by atoms with Crippen molar-refractivity contribution in [3.8, 4) is 45.6 Å². The molecule has 0 aliphatic rings. The summed E-state index contributed by atoms with van der Waals surface area (Å²) in [5, 5.41) is 57.6. The standard InChI is InChI=1S/2C9H5F3N3.2C9H8N3.2C5H7N2.2C3H3N2.2CH4.4Pt/c2*10-9(11,12)8-5-7(14-15-8)6-3-1-2-4-13-6;2*1-7-6-9(12-11-7)8-4-2-3-5-10-8;2*1-4-3-5(2)7-6-4;2*1-2-4-5-3-1;;;;;;/h2*1-5H;2*2-6H,1H3;2*3H,1-2H3;2*1-3H;2*1H4;;;;/q8*-1;;;4*+2. The van der Waals surface area contributed by atoms with Crippen LogP contribution in [0.3, 0.4) is 0 Å². The third-order valence-electron chi connectivity index (χ3n) is 9.00. The van der Waals surface area contributed by atoms with Gasteiger partial charge in [0.2, 0.25) is 0 Å². The molecule has 20 nitrogen and oxygen atoms in total. The van der Waals surface area contributed by atoms with E-state index in [9.17, 15) is 26.3 Å². The Balaban J connectivity index is 0. The fourth-order valence-corrected chi connectivity index (χ4v) is 5.62. The van der Waals surface area contributed by atoms with E-state index in [1.807, 2.05) is 102 Å². The van der Waals surface area contributed by atoms with Crippen molar-refractivity contribution in [2.45, 2.75) is 68.7 Å². The second-order valence-electron chi connectivity index (χ2n) is 15.5. The van der Waals surface area contributed by atoms with E-state index in [4.69, 9.17) is 0 Å². The Labute approximate surface area is 538 Å². The Bertz CT molecular complexity index is 3130. The van der Waals surface area contributed by atoms with E-state index in [0.29, 0.717) is 11.4 Å². The molecule has 30 heteroatoms. The number of nitrogens with zero attached hydrogens (tertiary/aromatic N) is 20. The Morgan fingerprint density at radius 3 is 0.750 bits per heavy atom. The number of aromatic nitrogens is 20. The molecule has 0 atom stereocenters. The predicted molar refractivity (Wildman–Crippen MR) is 285 cm³/mol. The van der Waals surface area contributed by atoms with E-state index in [2.05, 4.69) is 102 Å². The Kier molecular flexibility index (Phi) is 39.0. The minimum atomic E-state index is -4.46. The van der Waals surface area contributed by atoms with Gasteiger partial charge in [-0.25, -0.2) is 0 Å². The molecule has 0 aromatic carbocycles. The van der Waals surface area contributed by atoms with Gasteiger partial charge in [-0.2, -0.15) is 38.7 Å². The summed E-state index contributed by atoms with van der Waals surface area (Å²) in [6, 6.07) is 34.3. The quantitative estimate of drug-likeness (QED) is 0.148. The SMILES string of the molecule is C.C.Cc1cc(-c2ccccn2)[n-]n1.Cc1cc(-c2ccccn2)[n-]n1.Cc1cc(C)[n-]n1.Cc1cc(C)[n-]n1.FC(F)(F)c1cc(-c2ccccn2)[n-]n1.FC(F)(F)c1cc(-c2ccccn2)[n-]n1.[Pt+2].[Pt+2].[Pt+2].[Pt+2].c1cn[n-]c1.c1cn[n-]c1. The number of rotatable bonds is 4. The van der Waals surface area contributed by atoms with Crippen LogP contribution in [0.25, 0.3) is 45.6 Å². The molecule has 0 fully saturated rings. The van der Waals surface area contributed by atoms with Crippen LogP contribution in [0.4, 0.5) is 26.3 Å². The minimum absolute atomic E-state index is 0. The van der Waals surface area contributed by atoms with Gasteiger partial charge in [-0.1, -0.05) is 112 Å². The third-order valence-corrected chi connectivity index (χ3v) is 9.00. The van der Waals surface area contributed by atoms with Crippen molar-refractivity contribution in [2.75, 3.05) is 0 Å². The summed E-state index contributed by atoms with van der Waals surface area (Å²) >= 11 is 0. The van der Waals surface area contributed by atoms with Crippen molar-refractivity contribution >= 4 is 0 Å². The molecular formula is C54H54F6N20Pt4. The van der Waals surface area contributed by atoms with Crippen LogP contribution in [0.1, 0.15) is 60.4 Å². The van der Waals surface area contributed by atoms with E-state index in [1.54, 1.807) is 85.7 Å². The molecule has 0 aliphatic heterocycles. The second kappa shape index (κ2) is 41.6. The fourth-order valence-electron chi connectivity index (χ4n) is 5.62. The molecule has 12 heterocycles. The normalized spacial score (nSPS) is 9.57. The molecule has 0 bridgehead atoms. The first-order chi connectivity index (χ1) is 37.4. The Morgan fingerprint density at radius 2 is 0.595 bits per heavy atom. The molecule has 0 unspecified atom stereocenters. The Hall–Kier alpha value is -7.39. The molecule has 0 saturated heterocycles. The summed E-state index contributed by atoms with van der Waals surface area (Å²) in [5.41, 5.74) is 8.28. The van der Waals surface area contributed by atoms with E-state index in [-0.39, 0.29) is 111 Å². The molecule has 0 spiro atoms. The molecule has 12 rings (SSSR count). The molecule has 452 valence electrons. The molecule has 0 radical (unpaired) electrons.